The number of nitrogens with one attached hydrogen (secondary N) is 1. The van der Waals surface area contributed by atoms with E-state index in [2.05, 4.69) is 37.9 Å². The van der Waals surface area contributed by atoms with Crippen LogP contribution in [0.5, 0.6) is 0 Å². The van der Waals surface area contributed by atoms with E-state index >= 15 is 0 Å². The van der Waals surface area contributed by atoms with Gasteiger partial charge in [0.2, 0.25) is 5.91 Å². The molecule has 0 aliphatic carbocycles. The predicted octanol–water partition coefficient (Wildman–Crippen LogP) is 2.82. The van der Waals surface area contributed by atoms with Crippen molar-refractivity contribution in [2.45, 2.75) is 71.9 Å². The van der Waals surface area contributed by atoms with Gasteiger partial charge in [0.15, 0.2) is 0 Å². The van der Waals surface area contributed by atoms with Gasteiger partial charge >= 0.3 is 0 Å². The third kappa shape index (κ3) is 7.28. The van der Waals surface area contributed by atoms with Crippen molar-refractivity contribution in [2.24, 2.45) is 5.92 Å². The first-order valence-electron chi connectivity index (χ1n) is 8.66. The molecule has 1 atom stereocenters. The van der Waals surface area contributed by atoms with Crippen LogP contribution in [0.15, 0.2) is 0 Å². The maximum atomic E-state index is 12.5. The molecule has 0 aromatic carbocycles. The number of rotatable bonds is 9. The SMILES string of the molecule is CCCN(C(=O)CCOC(C)CC(C)C)C1CCNCC1. The number of piperidine rings is 1. The van der Waals surface area contributed by atoms with Crippen molar-refractivity contribution in [3.8, 4) is 0 Å². The van der Waals surface area contributed by atoms with Crippen LogP contribution in [-0.2, 0) is 9.53 Å². The fourth-order valence-corrected chi connectivity index (χ4v) is 3.09. The Bertz CT molecular complexity index is 289. The van der Waals surface area contributed by atoms with Crippen LogP contribution >= 0.6 is 0 Å². The van der Waals surface area contributed by atoms with Crippen molar-refractivity contribution in [1.29, 1.82) is 0 Å². The molecular weight excluding hydrogens is 264 g/mol. The normalized spacial score (nSPS) is 18.0. The summed E-state index contributed by atoms with van der Waals surface area (Å²) in [5.74, 6) is 0.905. The lowest BCUT2D eigenvalue weighted by Gasteiger charge is -2.34. The third-order valence-electron chi connectivity index (χ3n) is 4.06. The fraction of sp³-hybridized carbons (Fsp3) is 0.941. The molecular formula is C17H34N2O2. The molecule has 0 aromatic rings. The Hall–Kier alpha value is -0.610. The van der Waals surface area contributed by atoms with Crippen LogP contribution in [0.2, 0.25) is 0 Å². The summed E-state index contributed by atoms with van der Waals surface area (Å²) in [7, 11) is 0. The summed E-state index contributed by atoms with van der Waals surface area (Å²) >= 11 is 0. The molecule has 1 N–H and O–H groups in total. The maximum absolute atomic E-state index is 12.5. The van der Waals surface area contributed by atoms with Crippen LogP contribution in [0.3, 0.4) is 0 Å². The average molecular weight is 298 g/mol. The van der Waals surface area contributed by atoms with E-state index in [-0.39, 0.29) is 12.0 Å². The Kier molecular flexibility index (Phi) is 8.93. The molecule has 0 saturated carbocycles. The quantitative estimate of drug-likeness (QED) is 0.711. The highest BCUT2D eigenvalue weighted by Crippen LogP contribution is 2.14. The standard InChI is InChI=1S/C17H34N2O2/c1-5-11-19(16-6-9-18-10-7-16)17(20)8-12-21-15(4)13-14(2)3/h14-16,18H,5-13H2,1-4H3. The van der Waals surface area contributed by atoms with Crippen LogP contribution in [0, 0.1) is 5.92 Å². The first kappa shape index (κ1) is 18.4. The summed E-state index contributed by atoms with van der Waals surface area (Å²) < 4.78 is 5.78. The van der Waals surface area contributed by atoms with Gasteiger partial charge < -0.3 is 15.0 Å². The number of nitrogens with zero attached hydrogens (tertiary/aromatic N) is 1. The van der Waals surface area contributed by atoms with Gasteiger partial charge in [0, 0.05) is 12.6 Å². The average Bonchev–Trinajstić information content (AvgIpc) is 2.44. The van der Waals surface area contributed by atoms with E-state index in [1.807, 2.05) is 0 Å². The zero-order chi connectivity index (χ0) is 15.7. The molecule has 4 heteroatoms. The molecule has 1 aliphatic rings. The summed E-state index contributed by atoms with van der Waals surface area (Å²) in [6, 6.07) is 0.423. The van der Waals surface area contributed by atoms with Crippen LogP contribution in [0.25, 0.3) is 0 Å². The third-order valence-corrected chi connectivity index (χ3v) is 4.06. The van der Waals surface area contributed by atoms with Crippen molar-refractivity contribution < 1.29 is 9.53 Å². The van der Waals surface area contributed by atoms with Crippen molar-refractivity contribution >= 4 is 5.91 Å². The summed E-state index contributed by atoms with van der Waals surface area (Å²) in [5.41, 5.74) is 0. The van der Waals surface area contributed by atoms with Crippen molar-refractivity contribution in [3.05, 3.63) is 0 Å². The van der Waals surface area contributed by atoms with Gasteiger partial charge in [-0.1, -0.05) is 20.8 Å². The Balaban J connectivity index is 2.35. The molecule has 1 fully saturated rings. The number of amides is 1. The lowest BCUT2D eigenvalue weighted by Crippen LogP contribution is -2.46. The van der Waals surface area contributed by atoms with Gasteiger partial charge in [0.25, 0.3) is 0 Å². The van der Waals surface area contributed by atoms with Gasteiger partial charge in [0.05, 0.1) is 19.1 Å². The molecule has 1 saturated heterocycles. The molecule has 124 valence electrons. The minimum atomic E-state index is 0.247. The van der Waals surface area contributed by atoms with Gasteiger partial charge in [-0.05, 0) is 51.6 Å². The molecule has 0 radical (unpaired) electrons. The predicted molar refractivity (Wildman–Crippen MR) is 87.4 cm³/mol. The first-order valence-corrected chi connectivity index (χ1v) is 8.66. The maximum Gasteiger partial charge on any atom is 0.225 e. The van der Waals surface area contributed by atoms with Gasteiger partial charge in [-0.15, -0.1) is 0 Å². The molecule has 1 unspecified atom stereocenters. The van der Waals surface area contributed by atoms with E-state index in [4.69, 9.17) is 4.74 Å². The number of carbonyl (C=O) groups excluding carboxylic acids is 1. The van der Waals surface area contributed by atoms with Gasteiger partial charge in [-0.25, -0.2) is 0 Å². The highest BCUT2D eigenvalue weighted by atomic mass is 16.5. The van der Waals surface area contributed by atoms with E-state index in [0.717, 1.165) is 45.3 Å². The van der Waals surface area contributed by atoms with E-state index in [9.17, 15) is 4.79 Å². The highest BCUT2D eigenvalue weighted by Gasteiger charge is 2.24. The minimum absolute atomic E-state index is 0.247. The smallest absolute Gasteiger partial charge is 0.225 e. The fourth-order valence-electron chi connectivity index (χ4n) is 3.09. The second kappa shape index (κ2) is 10.2. The number of ether oxygens (including phenoxy) is 1. The van der Waals surface area contributed by atoms with Crippen LogP contribution in [0.4, 0.5) is 0 Å². The largest absolute Gasteiger partial charge is 0.378 e. The van der Waals surface area contributed by atoms with E-state index in [0.29, 0.717) is 25.0 Å². The van der Waals surface area contributed by atoms with Crippen molar-refractivity contribution in [1.82, 2.24) is 10.2 Å². The van der Waals surface area contributed by atoms with Crippen LogP contribution in [0.1, 0.15) is 59.8 Å². The molecule has 1 heterocycles. The highest BCUT2D eigenvalue weighted by molar-refractivity contribution is 5.76. The second-order valence-electron chi connectivity index (χ2n) is 6.63. The molecule has 1 amide bonds. The van der Waals surface area contributed by atoms with Crippen LogP contribution in [-0.4, -0.2) is 49.2 Å². The van der Waals surface area contributed by atoms with Gasteiger partial charge in [-0.3, -0.25) is 4.79 Å². The second-order valence-corrected chi connectivity index (χ2v) is 6.63. The number of hydrogen-bond donors (Lipinski definition) is 1. The molecule has 0 spiro atoms. The van der Waals surface area contributed by atoms with Gasteiger partial charge in [-0.2, -0.15) is 0 Å². The number of carbonyl (C=O) groups is 1. The van der Waals surface area contributed by atoms with Crippen molar-refractivity contribution in [3.63, 3.8) is 0 Å². The van der Waals surface area contributed by atoms with Crippen molar-refractivity contribution in [2.75, 3.05) is 26.2 Å². The molecule has 4 nitrogen and oxygen atoms in total. The zero-order valence-corrected chi connectivity index (χ0v) is 14.4. The molecule has 21 heavy (non-hydrogen) atoms. The lowest BCUT2D eigenvalue weighted by atomic mass is 10.0. The molecule has 0 aromatic heterocycles. The van der Waals surface area contributed by atoms with E-state index in [1.165, 1.54) is 0 Å². The van der Waals surface area contributed by atoms with E-state index in [1.54, 1.807) is 0 Å². The summed E-state index contributed by atoms with van der Waals surface area (Å²) in [5, 5.41) is 3.36. The Labute approximate surface area is 130 Å². The molecule has 0 bridgehead atoms. The summed E-state index contributed by atoms with van der Waals surface area (Å²) in [4.78, 5) is 14.6. The number of hydrogen-bond acceptors (Lipinski definition) is 3. The molecule has 1 rings (SSSR count). The topological polar surface area (TPSA) is 41.6 Å². The Morgan fingerprint density at radius 2 is 1.95 bits per heavy atom. The Morgan fingerprint density at radius 1 is 1.29 bits per heavy atom. The first-order chi connectivity index (χ1) is 10.0. The van der Waals surface area contributed by atoms with Crippen LogP contribution < -0.4 is 5.32 Å². The van der Waals surface area contributed by atoms with E-state index < -0.39 is 0 Å². The minimum Gasteiger partial charge on any atom is -0.378 e. The van der Waals surface area contributed by atoms with Gasteiger partial charge in [0.1, 0.15) is 0 Å². The lowest BCUT2D eigenvalue weighted by molar-refractivity contribution is -0.135. The summed E-state index contributed by atoms with van der Waals surface area (Å²) in [6.45, 7) is 12.1. The summed E-state index contributed by atoms with van der Waals surface area (Å²) in [6.07, 6.45) is 5.01. The molecule has 1 aliphatic heterocycles. The monoisotopic (exact) mass is 298 g/mol. The Morgan fingerprint density at radius 3 is 2.52 bits per heavy atom. The zero-order valence-electron chi connectivity index (χ0n) is 14.4.